The lowest BCUT2D eigenvalue weighted by atomic mass is 10.2. The Morgan fingerprint density at radius 3 is 2.42 bits per heavy atom. The molecule has 3 aromatic rings. The fraction of sp³-hybridized carbons (Fsp3) is 0.294. The molecule has 0 amide bonds. The summed E-state index contributed by atoms with van der Waals surface area (Å²) in [6, 6.07) is 8.69. The Morgan fingerprint density at radius 1 is 1.04 bits per heavy atom. The van der Waals surface area contributed by atoms with Crippen LogP contribution in [0.1, 0.15) is 5.56 Å². The monoisotopic (exact) mass is 326 g/mol. The van der Waals surface area contributed by atoms with Gasteiger partial charge in [-0.15, -0.1) is 5.10 Å². The zero-order chi connectivity index (χ0) is 16.7. The maximum Gasteiger partial charge on any atom is 0.240 e. The van der Waals surface area contributed by atoms with Crippen LogP contribution in [0.25, 0.3) is 5.65 Å². The highest BCUT2D eigenvalue weighted by Gasteiger charge is 2.19. The first-order valence-electron chi connectivity index (χ1n) is 7.98. The highest BCUT2D eigenvalue weighted by atomic mass is 19.1. The minimum absolute atomic E-state index is 0.201. The maximum atomic E-state index is 13.1. The van der Waals surface area contributed by atoms with Gasteiger partial charge in [-0.05, 0) is 42.8 Å². The summed E-state index contributed by atoms with van der Waals surface area (Å²) in [4.78, 5) is 8.81. The van der Waals surface area contributed by atoms with Crippen molar-refractivity contribution in [2.45, 2.75) is 6.92 Å². The normalized spacial score (nSPS) is 15.2. The van der Waals surface area contributed by atoms with Crippen LogP contribution in [0.5, 0.6) is 0 Å². The van der Waals surface area contributed by atoms with Gasteiger partial charge in [0.05, 0.1) is 11.9 Å². The van der Waals surface area contributed by atoms with Gasteiger partial charge in [0.15, 0.2) is 5.65 Å². The number of halogens is 1. The molecule has 0 aliphatic carbocycles. The Balaban J connectivity index is 1.53. The summed E-state index contributed by atoms with van der Waals surface area (Å²) in [6.45, 7) is 5.65. The average molecular weight is 326 g/mol. The van der Waals surface area contributed by atoms with E-state index in [0.29, 0.717) is 0 Å². The van der Waals surface area contributed by atoms with Crippen LogP contribution in [-0.4, -0.2) is 40.8 Å². The van der Waals surface area contributed by atoms with E-state index in [9.17, 15) is 4.39 Å². The minimum Gasteiger partial charge on any atom is -0.368 e. The number of fused-ring (bicyclic) bond motifs is 1. The molecular formula is C17H19FN6. The molecule has 0 radical (unpaired) electrons. The van der Waals surface area contributed by atoms with E-state index in [1.54, 1.807) is 4.52 Å². The van der Waals surface area contributed by atoms with Crippen LogP contribution in [0.4, 0.5) is 21.7 Å². The van der Waals surface area contributed by atoms with Crippen molar-refractivity contribution in [2.75, 3.05) is 41.7 Å². The lowest BCUT2D eigenvalue weighted by molar-refractivity contribution is 0.624. The van der Waals surface area contributed by atoms with Crippen LogP contribution in [0.15, 0.2) is 36.5 Å². The predicted molar refractivity (Wildman–Crippen MR) is 93.0 cm³/mol. The van der Waals surface area contributed by atoms with Gasteiger partial charge in [0.2, 0.25) is 5.95 Å². The molecule has 3 heterocycles. The van der Waals surface area contributed by atoms with Crippen LogP contribution >= 0.6 is 0 Å². The first kappa shape index (κ1) is 14.7. The van der Waals surface area contributed by atoms with E-state index < -0.39 is 0 Å². The van der Waals surface area contributed by atoms with Crippen LogP contribution in [0, 0.1) is 12.7 Å². The van der Waals surface area contributed by atoms with Crippen molar-refractivity contribution in [3.63, 3.8) is 0 Å². The molecule has 124 valence electrons. The van der Waals surface area contributed by atoms with Crippen LogP contribution in [0.2, 0.25) is 0 Å². The summed E-state index contributed by atoms with van der Waals surface area (Å²) >= 11 is 0. The Kier molecular flexibility index (Phi) is 3.48. The summed E-state index contributed by atoms with van der Waals surface area (Å²) in [5, 5.41) is 4.19. The second-order valence-corrected chi connectivity index (χ2v) is 6.06. The number of aromatic nitrogens is 3. The Bertz CT molecular complexity index is 865. The van der Waals surface area contributed by atoms with Crippen molar-refractivity contribution in [1.82, 2.24) is 14.6 Å². The lowest BCUT2D eigenvalue weighted by Gasteiger charge is -2.37. The number of anilines is 3. The highest BCUT2D eigenvalue weighted by molar-refractivity contribution is 5.59. The number of aryl methyl sites for hydroxylation is 1. The highest BCUT2D eigenvalue weighted by Crippen LogP contribution is 2.24. The molecule has 0 bridgehead atoms. The summed E-state index contributed by atoms with van der Waals surface area (Å²) in [6.07, 6.45) is 1.99. The second-order valence-electron chi connectivity index (χ2n) is 6.06. The molecular weight excluding hydrogens is 307 g/mol. The maximum absolute atomic E-state index is 13.1. The molecule has 7 heteroatoms. The van der Waals surface area contributed by atoms with E-state index in [2.05, 4.69) is 26.8 Å². The van der Waals surface area contributed by atoms with Crippen molar-refractivity contribution < 1.29 is 4.39 Å². The van der Waals surface area contributed by atoms with E-state index in [4.69, 9.17) is 5.73 Å². The van der Waals surface area contributed by atoms with Gasteiger partial charge in [-0.25, -0.2) is 8.91 Å². The number of hydrogen-bond acceptors (Lipinski definition) is 5. The summed E-state index contributed by atoms with van der Waals surface area (Å²) in [7, 11) is 0. The fourth-order valence-electron chi connectivity index (χ4n) is 3.22. The van der Waals surface area contributed by atoms with Crippen LogP contribution in [0.3, 0.4) is 0 Å². The minimum atomic E-state index is -0.201. The standard InChI is InChI=1S/C17H19FN6/c1-12-10-16-20-17(19)21-24(16)11-15(12)23-8-6-22(7-9-23)14-4-2-13(18)3-5-14/h2-5,10-11H,6-9H2,1H3,(H2,19,21). The second kappa shape index (κ2) is 5.67. The number of rotatable bonds is 2. The van der Waals surface area contributed by atoms with E-state index in [1.165, 1.54) is 12.1 Å². The topological polar surface area (TPSA) is 62.7 Å². The van der Waals surface area contributed by atoms with Crippen molar-refractivity contribution in [3.05, 3.63) is 47.9 Å². The Hall–Kier alpha value is -2.83. The molecule has 1 fully saturated rings. The van der Waals surface area contributed by atoms with Crippen molar-refractivity contribution in [1.29, 1.82) is 0 Å². The molecule has 0 saturated carbocycles. The Morgan fingerprint density at radius 2 is 1.71 bits per heavy atom. The van der Waals surface area contributed by atoms with Crippen molar-refractivity contribution >= 4 is 23.0 Å². The first-order valence-corrected chi connectivity index (χ1v) is 7.98. The van der Waals surface area contributed by atoms with Gasteiger partial charge < -0.3 is 15.5 Å². The lowest BCUT2D eigenvalue weighted by Crippen LogP contribution is -2.46. The van der Waals surface area contributed by atoms with Gasteiger partial charge >= 0.3 is 0 Å². The third-order valence-corrected chi connectivity index (χ3v) is 4.48. The molecule has 1 aliphatic rings. The number of piperazine rings is 1. The molecule has 4 rings (SSSR count). The van der Waals surface area contributed by atoms with Gasteiger partial charge in [0.25, 0.3) is 0 Å². The van der Waals surface area contributed by atoms with Crippen LogP contribution in [-0.2, 0) is 0 Å². The van der Waals surface area contributed by atoms with E-state index >= 15 is 0 Å². The molecule has 2 aromatic heterocycles. The largest absolute Gasteiger partial charge is 0.368 e. The zero-order valence-electron chi connectivity index (χ0n) is 13.5. The van der Waals surface area contributed by atoms with Gasteiger partial charge in [-0.2, -0.15) is 4.98 Å². The number of hydrogen-bond donors (Lipinski definition) is 1. The van der Waals surface area contributed by atoms with E-state index in [1.807, 2.05) is 24.4 Å². The van der Waals surface area contributed by atoms with E-state index in [0.717, 1.165) is 48.8 Å². The molecule has 6 nitrogen and oxygen atoms in total. The number of nitrogen functional groups attached to an aromatic ring is 1. The first-order chi connectivity index (χ1) is 11.6. The van der Waals surface area contributed by atoms with Gasteiger partial charge in [0.1, 0.15) is 5.82 Å². The summed E-state index contributed by atoms with van der Waals surface area (Å²) < 4.78 is 14.8. The molecule has 1 aromatic carbocycles. The fourth-order valence-corrected chi connectivity index (χ4v) is 3.22. The molecule has 24 heavy (non-hydrogen) atoms. The number of nitrogens with zero attached hydrogens (tertiary/aromatic N) is 5. The molecule has 0 unspecified atom stereocenters. The number of benzene rings is 1. The van der Waals surface area contributed by atoms with Crippen molar-refractivity contribution in [2.24, 2.45) is 0 Å². The van der Waals surface area contributed by atoms with Crippen molar-refractivity contribution in [3.8, 4) is 0 Å². The molecule has 1 saturated heterocycles. The molecule has 0 atom stereocenters. The van der Waals surface area contributed by atoms with Gasteiger partial charge in [-0.1, -0.05) is 0 Å². The van der Waals surface area contributed by atoms with E-state index in [-0.39, 0.29) is 11.8 Å². The smallest absolute Gasteiger partial charge is 0.240 e. The number of nitrogens with two attached hydrogens (primary N) is 1. The van der Waals surface area contributed by atoms with Gasteiger partial charge in [-0.3, -0.25) is 0 Å². The van der Waals surface area contributed by atoms with Crippen LogP contribution < -0.4 is 15.5 Å². The third-order valence-electron chi connectivity index (χ3n) is 4.48. The quantitative estimate of drug-likeness (QED) is 0.781. The summed E-state index contributed by atoms with van der Waals surface area (Å²) in [5.41, 5.74) is 9.80. The Labute approximate surface area is 139 Å². The third kappa shape index (κ3) is 2.62. The average Bonchev–Trinajstić information content (AvgIpc) is 2.94. The zero-order valence-corrected chi connectivity index (χ0v) is 13.5. The molecule has 2 N–H and O–H groups in total. The van der Waals surface area contributed by atoms with Gasteiger partial charge in [0, 0.05) is 31.9 Å². The SMILES string of the molecule is Cc1cc2nc(N)nn2cc1N1CCN(c2ccc(F)cc2)CC1. The number of pyridine rings is 1. The molecule has 0 spiro atoms. The summed E-state index contributed by atoms with van der Waals surface area (Å²) in [5.74, 6) is 0.0843. The predicted octanol–water partition coefficient (Wildman–Crippen LogP) is 2.09. The molecule has 1 aliphatic heterocycles.